The van der Waals surface area contributed by atoms with Crippen LogP contribution in [0.1, 0.15) is 21.5 Å². The van der Waals surface area contributed by atoms with Crippen LogP contribution in [0.25, 0.3) is 0 Å². The highest BCUT2D eigenvalue weighted by Gasteiger charge is 2.11. The molecule has 0 aliphatic heterocycles. The predicted molar refractivity (Wildman–Crippen MR) is 63.1 cm³/mol. The van der Waals surface area contributed by atoms with Crippen LogP contribution in [0.15, 0.2) is 41.1 Å². The molecule has 76 valence electrons. The van der Waals surface area contributed by atoms with E-state index in [-0.39, 0.29) is 5.78 Å². The summed E-state index contributed by atoms with van der Waals surface area (Å²) in [5, 5.41) is 0. The standard InChI is InChI=1S/C12H10BrNO/c1-8-2-3-10(13)6-11(8)12(15)9-4-5-14-7-9/h2-7,14H,1H3. The number of hydrogen-bond donors (Lipinski definition) is 1. The SMILES string of the molecule is Cc1ccc(Br)cc1C(=O)c1cc[nH]c1. The van der Waals surface area contributed by atoms with Crippen LogP contribution >= 0.6 is 15.9 Å². The fourth-order valence-electron chi connectivity index (χ4n) is 1.46. The maximum atomic E-state index is 12.0. The monoisotopic (exact) mass is 263 g/mol. The molecule has 0 saturated carbocycles. The van der Waals surface area contributed by atoms with Crippen LogP contribution in [0, 0.1) is 6.92 Å². The third-order valence-corrected chi connectivity index (χ3v) is 2.80. The highest BCUT2D eigenvalue weighted by atomic mass is 79.9. The third kappa shape index (κ3) is 2.02. The van der Waals surface area contributed by atoms with E-state index in [4.69, 9.17) is 0 Å². The first-order chi connectivity index (χ1) is 7.18. The Kier molecular flexibility index (Phi) is 2.73. The Labute approximate surface area is 96.5 Å². The van der Waals surface area contributed by atoms with Crippen molar-refractivity contribution in [2.75, 3.05) is 0 Å². The van der Waals surface area contributed by atoms with Gasteiger partial charge in [-0.05, 0) is 30.7 Å². The lowest BCUT2D eigenvalue weighted by molar-refractivity contribution is 0.103. The molecule has 15 heavy (non-hydrogen) atoms. The van der Waals surface area contributed by atoms with E-state index in [2.05, 4.69) is 20.9 Å². The minimum atomic E-state index is 0.0510. The zero-order valence-electron chi connectivity index (χ0n) is 8.25. The second kappa shape index (κ2) is 4.03. The molecule has 0 fully saturated rings. The first-order valence-corrected chi connectivity index (χ1v) is 5.41. The Morgan fingerprint density at radius 1 is 1.33 bits per heavy atom. The minimum absolute atomic E-state index is 0.0510. The van der Waals surface area contributed by atoms with Gasteiger partial charge in [-0.1, -0.05) is 22.0 Å². The molecule has 0 spiro atoms. The number of carbonyl (C=O) groups is 1. The van der Waals surface area contributed by atoms with Gasteiger partial charge in [0.1, 0.15) is 0 Å². The predicted octanol–water partition coefficient (Wildman–Crippen LogP) is 3.32. The molecular weight excluding hydrogens is 254 g/mol. The molecule has 2 rings (SSSR count). The second-order valence-corrected chi connectivity index (χ2v) is 4.30. The first kappa shape index (κ1) is 10.2. The number of aryl methyl sites for hydroxylation is 1. The number of nitrogens with one attached hydrogen (secondary N) is 1. The number of ketones is 1. The van der Waals surface area contributed by atoms with Gasteiger partial charge in [0.05, 0.1) is 0 Å². The number of benzene rings is 1. The van der Waals surface area contributed by atoms with Crippen molar-refractivity contribution < 1.29 is 4.79 Å². The van der Waals surface area contributed by atoms with Crippen molar-refractivity contribution in [2.24, 2.45) is 0 Å². The fraction of sp³-hybridized carbons (Fsp3) is 0.0833. The zero-order valence-corrected chi connectivity index (χ0v) is 9.84. The van der Waals surface area contributed by atoms with Crippen molar-refractivity contribution in [1.29, 1.82) is 0 Å². The second-order valence-electron chi connectivity index (χ2n) is 3.39. The van der Waals surface area contributed by atoms with Crippen LogP contribution in [-0.2, 0) is 0 Å². The van der Waals surface area contributed by atoms with E-state index < -0.39 is 0 Å². The average molecular weight is 264 g/mol. The summed E-state index contributed by atoms with van der Waals surface area (Å²) in [7, 11) is 0. The number of aromatic nitrogens is 1. The number of hydrogen-bond acceptors (Lipinski definition) is 1. The fourth-order valence-corrected chi connectivity index (χ4v) is 1.82. The molecule has 1 aromatic carbocycles. The molecule has 0 bridgehead atoms. The summed E-state index contributed by atoms with van der Waals surface area (Å²) < 4.78 is 0.923. The third-order valence-electron chi connectivity index (χ3n) is 2.30. The van der Waals surface area contributed by atoms with E-state index >= 15 is 0 Å². The maximum absolute atomic E-state index is 12.0. The quantitative estimate of drug-likeness (QED) is 0.829. The molecule has 0 radical (unpaired) electrons. The van der Waals surface area contributed by atoms with E-state index in [9.17, 15) is 4.79 Å². The summed E-state index contributed by atoms with van der Waals surface area (Å²) in [6.45, 7) is 1.94. The molecule has 0 unspecified atom stereocenters. The van der Waals surface area contributed by atoms with Crippen molar-refractivity contribution in [3.8, 4) is 0 Å². The number of rotatable bonds is 2. The van der Waals surface area contributed by atoms with Crippen LogP contribution in [0.4, 0.5) is 0 Å². The normalized spacial score (nSPS) is 10.3. The van der Waals surface area contributed by atoms with Gasteiger partial charge in [0, 0.05) is 28.0 Å². The zero-order chi connectivity index (χ0) is 10.8. The number of aromatic amines is 1. The molecule has 0 aliphatic carbocycles. The number of carbonyl (C=O) groups excluding carboxylic acids is 1. The van der Waals surface area contributed by atoms with Crippen molar-refractivity contribution >= 4 is 21.7 Å². The maximum Gasteiger partial charge on any atom is 0.194 e. The Bertz CT molecular complexity index is 488. The van der Waals surface area contributed by atoms with Gasteiger partial charge in [-0.3, -0.25) is 4.79 Å². The van der Waals surface area contributed by atoms with Crippen LogP contribution in [0.5, 0.6) is 0 Å². The van der Waals surface area contributed by atoms with Gasteiger partial charge in [0.15, 0.2) is 5.78 Å². The highest BCUT2D eigenvalue weighted by Crippen LogP contribution is 2.19. The molecule has 3 heteroatoms. The molecule has 1 aromatic heterocycles. The van der Waals surface area contributed by atoms with E-state index in [0.717, 1.165) is 15.6 Å². The van der Waals surface area contributed by atoms with Gasteiger partial charge in [0.2, 0.25) is 0 Å². The number of H-pyrrole nitrogens is 1. The molecular formula is C12H10BrNO. The summed E-state index contributed by atoms with van der Waals surface area (Å²) in [6, 6.07) is 7.50. The molecule has 2 nitrogen and oxygen atoms in total. The lowest BCUT2D eigenvalue weighted by atomic mass is 10.0. The summed E-state index contributed by atoms with van der Waals surface area (Å²) in [5.74, 6) is 0.0510. The Balaban J connectivity index is 2.46. The van der Waals surface area contributed by atoms with Crippen molar-refractivity contribution in [3.63, 3.8) is 0 Å². The van der Waals surface area contributed by atoms with Gasteiger partial charge >= 0.3 is 0 Å². The van der Waals surface area contributed by atoms with Crippen molar-refractivity contribution in [3.05, 3.63) is 57.8 Å². The summed E-state index contributed by atoms with van der Waals surface area (Å²) in [5.41, 5.74) is 2.42. The topological polar surface area (TPSA) is 32.9 Å². The van der Waals surface area contributed by atoms with Crippen molar-refractivity contribution in [2.45, 2.75) is 6.92 Å². The van der Waals surface area contributed by atoms with Crippen LogP contribution in [0.2, 0.25) is 0 Å². The Hall–Kier alpha value is -1.35. The number of halogens is 1. The van der Waals surface area contributed by atoms with Gasteiger partial charge in [-0.2, -0.15) is 0 Å². The van der Waals surface area contributed by atoms with Crippen molar-refractivity contribution in [1.82, 2.24) is 4.98 Å². The molecule has 0 amide bonds. The molecule has 1 heterocycles. The first-order valence-electron chi connectivity index (χ1n) is 4.62. The molecule has 0 saturated heterocycles. The summed E-state index contributed by atoms with van der Waals surface area (Å²) in [6.07, 6.45) is 3.46. The molecule has 1 N–H and O–H groups in total. The Morgan fingerprint density at radius 2 is 2.13 bits per heavy atom. The Morgan fingerprint density at radius 3 is 2.80 bits per heavy atom. The lowest BCUT2D eigenvalue weighted by Gasteiger charge is -2.03. The smallest absolute Gasteiger partial charge is 0.194 e. The van der Waals surface area contributed by atoms with E-state index in [1.54, 1.807) is 18.5 Å². The van der Waals surface area contributed by atoms with E-state index in [1.165, 1.54) is 0 Å². The van der Waals surface area contributed by atoms with Gasteiger partial charge in [-0.25, -0.2) is 0 Å². The lowest BCUT2D eigenvalue weighted by Crippen LogP contribution is -2.02. The van der Waals surface area contributed by atoms with E-state index in [1.807, 2.05) is 25.1 Å². The largest absolute Gasteiger partial charge is 0.367 e. The van der Waals surface area contributed by atoms with E-state index in [0.29, 0.717) is 5.56 Å². The minimum Gasteiger partial charge on any atom is -0.367 e. The van der Waals surface area contributed by atoms with Gasteiger partial charge in [0.25, 0.3) is 0 Å². The molecule has 0 atom stereocenters. The summed E-state index contributed by atoms with van der Waals surface area (Å²) >= 11 is 3.37. The van der Waals surface area contributed by atoms with Crippen LogP contribution in [0.3, 0.4) is 0 Å². The average Bonchev–Trinajstić information content (AvgIpc) is 2.74. The summed E-state index contributed by atoms with van der Waals surface area (Å²) in [4.78, 5) is 14.9. The van der Waals surface area contributed by atoms with Crippen LogP contribution in [-0.4, -0.2) is 10.8 Å². The molecule has 2 aromatic rings. The molecule has 0 aliphatic rings. The van der Waals surface area contributed by atoms with Crippen LogP contribution < -0.4 is 0 Å². The van der Waals surface area contributed by atoms with Gasteiger partial charge in [-0.15, -0.1) is 0 Å². The highest BCUT2D eigenvalue weighted by molar-refractivity contribution is 9.10. The van der Waals surface area contributed by atoms with Gasteiger partial charge < -0.3 is 4.98 Å².